The predicted octanol–water partition coefficient (Wildman–Crippen LogP) is -0.150. The summed E-state index contributed by atoms with van der Waals surface area (Å²) in [5.41, 5.74) is 6.93. The summed E-state index contributed by atoms with van der Waals surface area (Å²) in [6.07, 6.45) is 2.77. The van der Waals surface area contributed by atoms with Gasteiger partial charge in [0.1, 0.15) is 0 Å². The highest BCUT2D eigenvalue weighted by molar-refractivity contribution is 7.14. The number of thiophene rings is 1. The molecule has 14 heavy (non-hydrogen) atoms. The lowest BCUT2D eigenvalue weighted by Gasteiger charge is -1.91. The predicted molar refractivity (Wildman–Crippen MR) is 54.2 cm³/mol. The van der Waals surface area contributed by atoms with Crippen molar-refractivity contribution < 1.29 is 9.59 Å². The summed E-state index contributed by atoms with van der Waals surface area (Å²) in [7, 11) is 0. The van der Waals surface area contributed by atoms with E-state index < -0.39 is 5.91 Å². The number of carbonyl (C=O) groups excluding carboxylic acids is 2. The molecule has 0 atom stereocenters. The van der Waals surface area contributed by atoms with Gasteiger partial charge in [-0.3, -0.25) is 15.0 Å². The molecule has 0 fully saturated rings. The van der Waals surface area contributed by atoms with Crippen molar-refractivity contribution in [1.82, 2.24) is 5.43 Å². The third kappa shape index (κ3) is 2.68. The van der Waals surface area contributed by atoms with Crippen LogP contribution in [0.4, 0.5) is 0 Å². The molecule has 0 aromatic carbocycles. The van der Waals surface area contributed by atoms with Crippen LogP contribution in [0.15, 0.2) is 18.2 Å². The maximum atomic E-state index is 11.0. The Morgan fingerprint density at radius 3 is 2.71 bits per heavy atom. The highest BCUT2D eigenvalue weighted by Gasteiger charge is 2.05. The van der Waals surface area contributed by atoms with Crippen LogP contribution in [0.5, 0.6) is 0 Å². The minimum absolute atomic E-state index is 0.353. The molecule has 6 heteroatoms. The van der Waals surface area contributed by atoms with Gasteiger partial charge in [0.2, 0.25) is 5.91 Å². The zero-order chi connectivity index (χ0) is 10.6. The zero-order valence-corrected chi connectivity index (χ0v) is 8.01. The first-order valence-corrected chi connectivity index (χ1v) is 4.53. The molecule has 1 aromatic rings. The van der Waals surface area contributed by atoms with E-state index in [9.17, 15) is 9.59 Å². The van der Waals surface area contributed by atoms with Crippen molar-refractivity contribution in [3.05, 3.63) is 28.0 Å². The molecule has 0 saturated carbocycles. The molecule has 1 aromatic heterocycles. The number of rotatable bonds is 3. The normalized spacial score (nSPS) is 10.4. The van der Waals surface area contributed by atoms with Crippen molar-refractivity contribution >= 4 is 29.2 Å². The number of amides is 2. The fourth-order valence-electron chi connectivity index (χ4n) is 0.800. The number of primary amides is 1. The van der Waals surface area contributed by atoms with E-state index in [-0.39, 0.29) is 5.91 Å². The molecule has 0 aliphatic heterocycles. The molecule has 74 valence electrons. The van der Waals surface area contributed by atoms with Crippen LogP contribution in [0.25, 0.3) is 6.08 Å². The first-order chi connectivity index (χ1) is 6.63. The maximum absolute atomic E-state index is 11.0. The number of carbonyl (C=O) groups is 2. The van der Waals surface area contributed by atoms with E-state index in [4.69, 9.17) is 11.6 Å². The molecule has 0 aliphatic carbocycles. The fourth-order valence-corrected chi connectivity index (χ4v) is 1.61. The Bertz CT molecular complexity index is 384. The Morgan fingerprint density at radius 2 is 2.14 bits per heavy atom. The van der Waals surface area contributed by atoms with E-state index in [1.807, 2.05) is 5.43 Å². The third-order valence-corrected chi connectivity index (χ3v) is 2.44. The van der Waals surface area contributed by atoms with Crippen LogP contribution in [0.2, 0.25) is 0 Å². The average molecular weight is 211 g/mol. The second-order valence-electron chi connectivity index (χ2n) is 2.41. The summed E-state index contributed by atoms with van der Waals surface area (Å²) < 4.78 is 0. The molecule has 5 N–H and O–H groups in total. The van der Waals surface area contributed by atoms with Crippen molar-refractivity contribution in [3.63, 3.8) is 0 Å². The van der Waals surface area contributed by atoms with Crippen molar-refractivity contribution in [2.45, 2.75) is 0 Å². The van der Waals surface area contributed by atoms with Gasteiger partial charge in [0, 0.05) is 11.0 Å². The Balaban J connectivity index is 2.78. The zero-order valence-electron chi connectivity index (χ0n) is 7.19. The molecule has 0 radical (unpaired) electrons. The van der Waals surface area contributed by atoms with Gasteiger partial charge in [-0.25, -0.2) is 5.84 Å². The van der Waals surface area contributed by atoms with Gasteiger partial charge in [0.25, 0.3) is 5.91 Å². The standard InChI is InChI=1S/C8H9N3O2S/c9-7(12)4-2-5-1-3-6(14-5)8(13)11-10/h1-4H,10H2,(H2,9,12)(H,11,13). The number of nitrogens with two attached hydrogens (primary N) is 2. The number of hydrazine groups is 1. The highest BCUT2D eigenvalue weighted by atomic mass is 32.1. The first-order valence-electron chi connectivity index (χ1n) is 3.72. The van der Waals surface area contributed by atoms with E-state index in [1.54, 1.807) is 18.2 Å². The smallest absolute Gasteiger partial charge is 0.275 e. The largest absolute Gasteiger partial charge is 0.366 e. The van der Waals surface area contributed by atoms with Crippen molar-refractivity contribution in [3.8, 4) is 0 Å². The van der Waals surface area contributed by atoms with Crippen LogP contribution >= 0.6 is 11.3 Å². The average Bonchev–Trinajstić information content (AvgIpc) is 2.62. The molecule has 1 heterocycles. The van der Waals surface area contributed by atoms with E-state index in [0.29, 0.717) is 4.88 Å². The molecule has 0 spiro atoms. The van der Waals surface area contributed by atoms with Gasteiger partial charge in [-0.05, 0) is 18.2 Å². The second-order valence-corrected chi connectivity index (χ2v) is 3.53. The van der Waals surface area contributed by atoms with Gasteiger partial charge in [-0.2, -0.15) is 0 Å². The van der Waals surface area contributed by atoms with Crippen LogP contribution in [0.1, 0.15) is 14.5 Å². The summed E-state index contributed by atoms with van der Waals surface area (Å²) in [4.78, 5) is 22.7. The van der Waals surface area contributed by atoms with E-state index >= 15 is 0 Å². The van der Waals surface area contributed by atoms with Crippen LogP contribution in [0.3, 0.4) is 0 Å². The second kappa shape index (κ2) is 4.54. The molecule has 0 saturated heterocycles. The summed E-state index contributed by atoms with van der Waals surface area (Å²) in [6.45, 7) is 0. The summed E-state index contributed by atoms with van der Waals surface area (Å²) in [5, 5.41) is 0. The van der Waals surface area contributed by atoms with Crippen molar-refractivity contribution in [1.29, 1.82) is 0 Å². The Kier molecular flexibility index (Phi) is 3.38. The number of hydrogen-bond donors (Lipinski definition) is 3. The van der Waals surface area contributed by atoms with Crippen LogP contribution < -0.4 is 17.0 Å². The van der Waals surface area contributed by atoms with Gasteiger partial charge in [0.15, 0.2) is 0 Å². The SMILES string of the molecule is NNC(=O)c1ccc(C=CC(N)=O)s1. The topological polar surface area (TPSA) is 98.2 Å². The first kappa shape index (κ1) is 10.4. The molecule has 0 bridgehead atoms. The van der Waals surface area contributed by atoms with E-state index in [1.165, 1.54) is 17.4 Å². The molecule has 5 nitrogen and oxygen atoms in total. The fraction of sp³-hybridized carbons (Fsp3) is 0. The monoisotopic (exact) mass is 211 g/mol. The van der Waals surface area contributed by atoms with Gasteiger partial charge >= 0.3 is 0 Å². The van der Waals surface area contributed by atoms with E-state index in [2.05, 4.69) is 0 Å². The lowest BCUT2D eigenvalue weighted by molar-refractivity contribution is -0.113. The molecule has 1 rings (SSSR count). The molecule has 0 unspecified atom stereocenters. The van der Waals surface area contributed by atoms with E-state index in [0.717, 1.165) is 4.88 Å². The summed E-state index contributed by atoms with van der Waals surface area (Å²) >= 11 is 1.22. The minimum atomic E-state index is -0.525. The molecular formula is C8H9N3O2S. The number of nitrogen functional groups attached to an aromatic ring is 1. The lowest BCUT2D eigenvalue weighted by Crippen LogP contribution is -2.29. The minimum Gasteiger partial charge on any atom is -0.366 e. The van der Waals surface area contributed by atoms with Gasteiger partial charge in [0.05, 0.1) is 4.88 Å². The highest BCUT2D eigenvalue weighted by Crippen LogP contribution is 2.17. The van der Waals surface area contributed by atoms with Crippen LogP contribution in [0, 0.1) is 0 Å². The van der Waals surface area contributed by atoms with Crippen LogP contribution in [-0.4, -0.2) is 11.8 Å². The van der Waals surface area contributed by atoms with Gasteiger partial charge in [-0.15, -0.1) is 11.3 Å². The van der Waals surface area contributed by atoms with Crippen molar-refractivity contribution in [2.24, 2.45) is 11.6 Å². The summed E-state index contributed by atoms with van der Waals surface area (Å²) in [6, 6.07) is 3.32. The Labute approximate surface area is 84.4 Å². The quantitative estimate of drug-likeness (QED) is 0.280. The Hall–Kier alpha value is -1.66. The van der Waals surface area contributed by atoms with Gasteiger partial charge in [-0.1, -0.05) is 0 Å². The maximum Gasteiger partial charge on any atom is 0.275 e. The number of nitrogens with one attached hydrogen (secondary N) is 1. The molecule has 2 amide bonds. The van der Waals surface area contributed by atoms with Gasteiger partial charge < -0.3 is 5.73 Å². The number of hydrogen-bond acceptors (Lipinski definition) is 4. The van der Waals surface area contributed by atoms with Crippen molar-refractivity contribution in [2.75, 3.05) is 0 Å². The molecule has 0 aliphatic rings. The third-order valence-electron chi connectivity index (χ3n) is 1.39. The summed E-state index contributed by atoms with van der Waals surface area (Å²) in [5.74, 6) is 4.07. The Morgan fingerprint density at radius 1 is 1.43 bits per heavy atom. The molecular weight excluding hydrogens is 202 g/mol. The van der Waals surface area contributed by atoms with Crippen LogP contribution in [-0.2, 0) is 4.79 Å². The lowest BCUT2D eigenvalue weighted by atomic mass is 10.4.